The fourth-order valence-electron chi connectivity index (χ4n) is 3.86. The fourth-order valence-corrected chi connectivity index (χ4v) is 3.86. The summed E-state index contributed by atoms with van der Waals surface area (Å²) in [5.41, 5.74) is -0.198. The van der Waals surface area contributed by atoms with Crippen LogP contribution in [-0.4, -0.2) is 41.3 Å². The second-order valence-electron chi connectivity index (χ2n) is 7.21. The highest BCUT2D eigenvalue weighted by molar-refractivity contribution is 5.55. The summed E-state index contributed by atoms with van der Waals surface area (Å²) in [7, 11) is 0. The number of halogens is 3. The van der Waals surface area contributed by atoms with Gasteiger partial charge in [0.1, 0.15) is 0 Å². The topological polar surface area (TPSA) is 51.4 Å². The van der Waals surface area contributed by atoms with E-state index in [1.54, 1.807) is 6.07 Å². The first-order valence-corrected chi connectivity index (χ1v) is 8.74. The van der Waals surface area contributed by atoms with Gasteiger partial charge in [0.05, 0.1) is 18.7 Å². The molecule has 2 aromatic rings. The van der Waals surface area contributed by atoms with Crippen LogP contribution in [0.15, 0.2) is 28.8 Å². The lowest BCUT2D eigenvalue weighted by Crippen LogP contribution is -2.34. The second-order valence-corrected chi connectivity index (χ2v) is 7.21. The van der Waals surface area contributed by atoms with E-state index >= 15 is 0 Å². The van der Waals surface area contributed by atoms with Gasteiger partial charge in [-0.05, 0) is 37.9 Å². The Morgan fingerprint density at radius 3 is 2.88 bits per heavy atom. The van der Waals surface area contributed by atoms with Gasteiger partial charge in [0.2, 0.25) is 11.7 Å². The predicted octanol–water partition coefficient (Wildman–Crippen LogP) is 3.76. The van der Waals surface area contributed by atoms with E-state index in [0.717, 1.165) is 51.3 Å². The number of aromatic nitrogens is 2. The molecule has 2 saturated heterocycles. The van der Waals surface area contributed by atoms with E-state index in [9.17, 15) is 13.2 Å². The van der Waals surface area contributed by atoms with Crippen LogP contribution in [0.25, 0.3) is 11.4 Å². The molecule has 1 spiro atoms. The summed E-state index contributed by atoms with van der Waals surface area (Å²) in [6, 6.07) is 4.97. The number of likely N-dealkylation sites (tertiary alicyclic amines) is 1. The first-order valence-electron chi connectivity index (χ1n) is 8.74. The third kappa shape index (κ3) is 3.61. The minimum atomic E-state index is -4.39. The molecule has 2 aliphatic heterocycles. The van der Waals surface area contributed by atoms with Crippen LogP contribution in [0.1, 0.15) is 30.7 Å². The van der Waals surface area contributed by atoms with E-state index in [4.69, 9.17) is 9.26 Å². The van der Waals surface area contributed by atoms with Crippen LogP contribution in [0.5, 0.6) is 0 Å². The molecule has 5 nitrogen and oxygen atoms in total. The highest BCUT2D eigenvalue weighted by Gasteiger charge is 2.40. The lowest BCUT2D eigenvalue weighted by atomic mass is 9.82. The van der Waals surface area contributed by atoms with Gasteiger partial charge in [0.15, 0.2) is 0 Å². The summed E-state index contributed by atoms with van der Waals surface area (Å²) in [4.78, 5) is 6.53. The van der Waals surface area contributed by atoms with Crippen molar-refractivity contribution >= 4 is 0 Å². The molecule has 0 bridgehead atoms. The zero-order valence-electron chi connectivity index (χ0n) is 14.3. The maximum absolute atomic E-state index is 12.9. The molecule has 1 aromatic carbocycles. The van der Waals surface area contributed by atoms with Gasteiger partial charge in [-0.25, -0.2) is 0 Å². The van der Waals surface area contributed by atoms with Crippen LogP contribution < -0.4 is 0 Å². The maximum Gasteiger partial charge on any atom is 0.416 e. The van der Waals surface area contributed by atoms with Crippen molar-refractivity contribution in [3.63, 3.8) is 0 Å². The summed E-state index contributed by atoms with van der Waals surface area (Å²) in [6.07, 6.45) is -1.05. The molecule has 26 heavy (non-hydrogen) atoms. The predicted molar refractivity (Wildman–Crippen MR) is 87.1 cm³/mol. The SMILES string of the molecule is FC(F)(F)c1cccc(-c2noc(CN3CCC4(CCCOC4)C3)n2)c1. The number of ether oxygens (including phenoxy) is 1. The van der Waals surface area contributed by atoms with Crippen molar-refractivity contribution in [3.05, 3.63) is 35.7 Å². The first kappa shape index (κ1) is 17.5. The van der Waals surface area contributed by atoms with Crippen LogP contribution in [-0.2, 0) is 17.5 Å². The monoisotopic (exact) mass is 367 g/mol. The average Bonchev–Trinajstić information content (AvgIpc) is 3.23. The van der Waals surface area contributed by atoms with Gasteiger partial charge >= 0.3 is 6.18 Å². The lowest BCUT2D eigenvalue weighted by molar-refractivity contribution is -0.137. The maximum atomic E-state index is 12.9. The molecule has 0 amide bonds. The van der Waals surface area contributed by atoms with Crippen molar-refractivity contribution in [1.82, 2.24) is 15.0 Å². The normalized spacial score (nSPS) is 24.4. The largest absolute Gasteiger partial charge is 0.416 e. The van der Waals surface area contributed by atoms with E-state index in [0.29, 0.717) is 18.0 Å². The molecule has 1 unspecified atom stereocenters. The van der Waals surface area contributed by atoms with Crippen molar-refractivity contribution in [2.45, 2.75) is 32.0 Å². The number of rotatable bonds is 3. The highest BCUT2D eigenvalue weighted by Crippen LogP contribution is 2.38. The van der Waals surface area contributed by atoms with Gasteiger partial charge in [0.25, 0.3) is 0 Å². The van der Waals surface area contributed by atoms with Gasteiger partial charge < -0.3 is 9.26 Å². The Morgan fingerprint density at radius 1 is 1.23 bits per heavy atom. The molecule has 0 N–H and O–H groups in total. The Labute approximate surface area is 149 Å². The number of alkyl halides is 3. The third-order valence-electron chi connectivity index (χ3n) is 5.20. The van der Waals surface area contributed by atoms with Crippen LogP contribution in [0.4, 0.5) is 13.2 Å². The molecule has 2 fully saturated rings. The molecule has 0 aliphatic carbocycles. The Bertz CT molecular complexity index is 769. The highest BCUT2D eigenvalue weighted by atomic mass is 19.4. The molecule has 3 heterocycles. The summed E-state index contributed by atoms with van der Waals surface area (Å²) >= 11 is 0. The van der Waals surface area contributed by atoms with Crippen LogP contribution in [0.3, 0.4) is 0 Å². The van der Waals surface area contributed by atoms with Gasteiger partial charge in [0, 0.05) is 24.1 Å². The Kier molecular flexibility index (Phi) is 4.48. The second kappa shape index (κ2) is 6.66. The molecule has 4 rings (SSSR count). The molecule has 8 heteroatoms. The van der Waals surface area contributed by atoms with Gasteiger partial charge in [-0.15, -0.1) is 0 Å². The van der Waals surface area contributed by atoms with Crippen molar-refractivity contribution in [2.75, 3.05) is 26.3 Å². The number of hydrogen-bond acceptors (Lipinski definition) is 5. The van der Waals surface area contributed by atoms with Gasteiger partial charge in [-0.3, -0.25) is 4.90 Å². The summed E-state index contributed by atoms with van der Waals surface area (Å²) in [6.45, 7) is 4.00. The fraction of sp³-hybridized carbons (Fsp3) is 0.556. The Hall–Kier alpha value is -1.93. The van der Waals surface area contributed by atoms with Gasteiger partial charge in [-0.1, -0.05) is 17.3 Å². The van der Waals surface area contributed by atoms with Crippen LogP contribution in [0.2, 0.25) is 0 Å². The molecule has 1 aromatic heterocycles. The number of nitrogens with zero attached hydrogens (tertiary/aromatic N) is 3. The van der Waals surface area contributed by atoms with Crippen molar-refractivity contribution < 1.29 is 22.4 Å². The quantitative estimate of drug-likeness (QED) is 0.827. The van der Waals surface area contributed by atoms with E-state index in [1.165, 1.54) is 12.5 Å². The molecule has 140 valence electrons. The first-order chi connectivity index (χ1) is 12.4. The van der Waals surface area contributed by atoms with E-state index in [-0.39, 0.29) is 11.2 Å². The zero-order valence-corrected chi connectivity index (χ0v) is 14.3. The molecular weight excluding hydrogens is 347 g/mol. The van der Waals surface area contributed by atoms with E-state index in [1.807, 2.05) is 0 Å². The minimum Gasteiger partial charge on any atom is -0.381 e. The molecule has 2 aliphatic rings. The average molecular weight is 367 g/mol. The van der Waals surface area contributed by atoms with E-state index < -0.39 is 11.7 Å². The van der Waals surface area contributed by atoms with Crippen molar-refractivity contribution in [3.8, 4) is 11.4 Å². The molecular formula is C18H20F3N3O2. The summed E-state index contributed by atoms with van der Waals surface area (Å²) in [5, 5.41) is 3.85. The van der Waals surface area contributed by atoms with E-state index in [2.05, 4.69) is 15.0 Å². The number of benzene rings is 1. The Balaban J connectivity index is 1.44. The molecule has 1 atom stereocenters. The number of hydrogen-bond donors (Lipinski definition) is 0. The standard InChI is InChI=1S/C18H20F3N3O2/c19-18(20,21)14-4-1-3-13(9-14)16-22-15(26-23-16)10-24-7-6-17(11-24)5-2-8-25-12-17/h1,3-4,9H,2,5-8,10-12H2. The third-order valence-corrected chi connectivity index (χ3v) is 5.20. The van der Waals surface area contributed by atoms with Crippen LogP contribution in [0, 0.1) is 5.41 Å². The molecule has 0 radical (unpaired) electrons. The van der Waals surface area contributed by atoms with Crippen LogP contribution >= 0.6 is 0 Å². The Morgan fingerprint density at radius 2 is 2.12 bits per heavy atom. The summed E-state index contributed by atoms with van der Waals surface area (Å²) in [5.74, 6) is 0.604. The van der Waals surface area contributed by atoms with Crippen molar-refractivity contribution in [1.29, 1.82) is 0 Å². The minimum absolute atomic E-state index is 0.181. The lowest BCUT2D eigenvalue weighted by Gasteiger charge is -2.33. The smallest absolute Gasteiger partial charge is 0.381 e. The summed E-state index contributed by atoms with van der Waals surface area (Å²) < 4.78 is 49.5. The van der Waals surface area contributed by atoms with Crippen molar-refractivity contribution in [2.24, 2.45) is 5.41 Å². The molecule has 0 saturated carbocycles. The zero-order chi connectivity index (χ0) is 18.2. The van der Waals surface area contributed by atoms with Gasteiger partial charge in [-0.2, -0.15) is 18.2 Å².